The Balaban J connectivity index is 1.37. The Labute approximate surface area is 156 Å². The average Bonchev–Trinajstić information content (AvgIpc) is 2.61. The van der Waals surface area contributed by atoms with Crippen molar-refractivity contribution in [3.05, 3.63) is 0 Å². The van der Waals surface area contributed by atoms with Gasteiger partial charge in [0.15, 0.2) is 6.29 Å². The third-order valence-corrected chi connectivity index (χ3v) is 9.66. The number of ether oxygens (including phenoxy) is 1. The Morgan fingerprint density at radius 2 is 1.59 bits per heavy atom. The van der Waals surface area contributed by atoms with Gasteiger partial charge in [-0.1, -0.05) is 0 Å². The molecule has 27 heavy (non-hydrogen) atoms. The van der Waals surface area contributed by atoms with Gasteiger partial charge in [-0.25, -0.2) is 4.39 Å². The third-order valence-electron chi connectivity index (χ3n) is 8.72. The lowest BCUT2D eigenvalue weighted by Gasteiger charge is -2.75. The minimum Gasteiger partial charge on any atom is -0.367 e. The second-order valence-corrected chi connectivity index (χ2v) is 11.1. The zero-order valence-electron chi connectivity index (χ0n) is 14.8. The van der Waals surface area contributed by atoms with Crippen molar-refractivity contribution in [1.29, 1.82) is 0 Å². The maximum Gasteiger partial charge on any atom is 0.402 e. The van der Waals surface area contributed by atoms with Crippen LogP contribution in [0, 0.1) is 46.8 Å². The second-order valence-electron chi connectivity index (χ2n) is 9.62. The first kappa shape index (κ1) is 18.6. The van der Waals surface area contributed by atoms with Gasteiger partial charge in [0.1, 0.15) is 0 Å². The Morgan fingerprint density at radius 1 is 1.04 bits per heavy atom. The lowest BCUT2D eigenvalue weighted by Crippen LogP contribution is -2.71. The van der Waals surface area contributed by atoms with Crippen LogP contribution in [0.15, 0.2) is 0 Å². The van der Waals surface area contributed by atoms with Gasteiger partial charge in [-0.05, 0) is 80.0 Å². The van der Waals surface area contributed by atoms with Gasteiger partial charge in [-0.3, -0.25) is 4.55 Å². The van der Waals surface area contributed by atoms with E-state index in [1.807, 2.05) is 0 Å². The second kappa shape index (κ2) is 5.61. The molecule has 7 fully saturated rings. The molecular formula is C18H25F3O5S. The highest BCUT2D eigenvalue weighted by molar-refractivity contribution is 7.86. The quantitative estimate of drug-likeness (QED) is 0.520. The van der Waals surface area contributed by atoms with Gasteiger partial charge >= 0.3 is 15.4 Å². The highest BCUT2D eigenvalue weighted by Gasteiger charge is 2.72. The van der Waals surface area contributed by atoms with Crippen molar-refractivity contribution < 1.29 is 36.0 Å². The normalized spacial score (nSPS) is 49.6. The lowest BCUT2D eigenvalue weighted by atomic mass is 9.30. The van der Waals surface area contributed by atoms with Gasteiger partial charge in [-0.15, -0.1) is 0 Å². The van der Waals surface area contributed by atoms with E-state index >= 15 is 0 Å². The van der Waals surface area contributed by atoms with Crippen LogP contribution in [0.5, 0.6) is 0 Å². The molecule has 0 aromatic carbocycles. The smallest absolute Gasteiger partial charge is 0.367 e. The molecule has 0 spiro atoms. The van der Waals surface area contributed by atoms with E-state index in [0.717, 1.165) is 32.1 Å². The van der Waals surface area contributed by atoms with Crippen LogP contribution < -0.4 is 0 Å². The largest absolute Gasteiger partial charge is 0.402 e. The Hall–Kier alpha value is -0.380. The first-order chi connectivity index (χ1) is 12.6. The predicted octanol–water partition coefficient (Wildman–Crippen LogP) is 2.85. The molecule has 0 heterocycles. The molecule has 154 valence electrons. The molecule has 0 radical (unpaired) electrons. The molecule has 0 aromatic rings. The van der Waals surface area contributed by atoms with Crippen LogP contribution in [0.3, 0.4) is 0 Å². The molecule has 7 aliphatic rings. The monoisotopic (exact) mass is 410 g/mol. The van der Waals surface area contributed by atoms with E-state index in [1.165, 1.54) is 6.42 Å². The minimum absolute atomic E-state index is 0.281. The summed E-state index contributed by atoms with van der Waals surface area (Å²) in [7, 11) is -5.88. The van der Waals surface area contributed by atoms with Crippen LogP contribution in [0.2, 0.25) is 0 Å². The summed E-state index contributed by atoms with van der Waals surface area (Å²) in [5.41, 5.74) is -0.517. The van der Waals surface area contributed by atoms with Crippen molar-refractivity contribution in [1.82, 2.24) is 0 Å². The number of aliphatic hydroxyl groups excluding tert-OH is 1. The van der Waals surface area contributed by atoms with E-state index in [4.69, 9.17) is 9.29 Å². The van der Waals surface area contributed by atoms with E-state index in [1.54, 1.807) is 0 Å². The molecule has 5 nitrogen and oxygen atoms in total. The molecule has 8 bridgehead atoms. The molecule has 7 saturated carbocycles. The van der Waals surface area contributed by atoms with Crippen molar-refractivity contribution in [3.63, 3.8) is 0 Å². The molecule has 7 rings (SSSR count). The van der Waals surface area contributed by atoms with Crippen molar-refractivity contribution in [3.8, 4) is 0 Å². The van der Waals surface area contributed by atoms with Crippen LogP contribution in [0.1, 0.15) is 38.5 Å². The third kappa shape index (κ3) is 2.31. The molecule has 0 aromatic heterocycles. The van der Waals surface area contributed by atoms with Gasteiger partial charge in [0.2, 0.25) is 6.17 Å². The van der Waals surface area contributed by atoms with E-state index < -0.39 is 39.9 Å². The summed E-state index contributed by atoms with van der Waals surface area (Å²) in [5, 5.41) is 5.94. The van der Waals surface area contributed by atoms with Crippen molar-refractivity contribution in [2.75, 3.05) is 6.61 Å². The molecule has 6 unspecified atom stereocenters. The molecule has 0 saturated heterocycles. The summed E-state index contributed by atoms with van der Waals surface area (Å²) in [6.07, 6.45) is 1.77. The maximum atomic E-state index is 13.8. The number of aliphatic hydroxyl groups is 1. The van der Waals surface area contributed by atoms with Crippen molar-refractivity contribution in [2.24, 2.45) is 46.8 Å². The molecule has 2 N–H and O–H groups in total. The number of hydrogen-bond donors (Lipinski definition) is 2. The number of alkyl halides is 3. The van der Waals surface area contributed by atoms with Gasteiger partial charge in [0.25, 0.3) is 0 Å². The van der Waals surface area contributed by atoms with E-state index in [2.05, 4.69) is 0 Å². The van der Waals surface area contributed by atoms with Crippen LogP contribution in [0.25, 0.3) is 0 Å². The van der Waals surface area contributed by atoms with Gasteiger partial charge in [0, 0.05) is 5.41 Å². The Kier molecular flexibility index (Phi) is 3.87. The summed E-state index contributed by atoms with van der Waals surface area (Å²) in [5.74, 6) is 3.48. The summed E-state index contributed by atoms with van der Waals surface area (Å²) in [6.45, 7) is -1.26. The SMILES string of the molecule is O=S(=O)(O)C(F)(F)C(F)COC(O)C12CC3CC4C5CC(CC41)CC2C5C3. The molecular weight excluding hydrogens is 385 g/mol. The van der Waals surface area contributed by atoms with Crippen LogP contribution in [0.4, 0.5) is 13.2 Å². The maximum absolute atomic E-state index is 13.8. The summed E-state index contributed by atoms with van der Waals surface area (Å²) in [6, 6.07) is 0. The highest BCUT2D eigenvalue weighted by atomic mass is 32.2. The van der Waals surface area contributed by atoms with E-state index in [-0.39, 0.29) is 11.8 Å². The van der Waals surface area contributed by atoms with E-state index in [0.29, 0.717) is 29.6 Å². The molecule has 7 aliphatic carbocycles. The van der Waals surface area contributed by atoms with Gasteiger partial charge < -0.3 is 9.84 Å². The minimum atomic E-state index is -5.88. The Bertz CT molecular complexity index is 719. The van der Waals surface area contributed by atoms with Crippen molar-refractivity contribution in [2.45, 2.75) is 56.2 Å². The molecule has 9 heteroatoms. The Morgan fingerprint density at radius 3 is 2.15 bits per heavy atom. The number of hydrogen-bond acceptors (Lipinski definition) is 4. The van der Waals surface area contributed by atoms with Crippen LogP contribution in [-0.2, 0) is 14.9 Å². The van der Waals surface area contributed by atoms with Crippen LogP contribution in [-0.4, -0.2) is 42.4 Å². The zero-order chi connectivity index (χ0) is 19.4. The first-order valence-electron chi connectivity index (χ1n) is 9.84. The number of halogens is 3. The first-order valence-corrected chi connectivity index (χ1v) is 11.3. The topological polar surface area (TPSA) is 83.8 Å². The molecule has 0 amide bonds. The predicted molar refractivity (Wildman–Crippen MR) is 87.9 cm³/mol. The standard InChI is InChI=1S/C18H25F3O5S/c19-15(18(20,21)27(23,24)25)7-26-16(22)17-6-9-2-11-10-1-8(4-13(11)17)5-14(17)12(10)3-9/h8-16,22H,1-7H2,(H,23,24,25). The highest BCUT2D eigenvalue weighted by Crippen LogP contribution is 2.76. The fourth-order valence-electron chi connectivity index (χ4n) is 8.09. The fourth-order valence-corrected chi connectivity index (χ4v) is 8.48. The number of rotatable bonds is 6. The van der Waals surface area contributed by atoms with Crippen molar-refractivity contribution >= 4 is 10.1 Å². The zero-order valence-corrected chi connectivity index (χ0v) is 15.6. The fraction of sp³-hybridized carbons (Fsp3) is 1.00. The summed E-state index contributed by atoms with van der Waals surface area (Å²) in [4.78, 5) is 0. The van der Waals surface area contributed by atoms with Gasteiger partial charge in [-0.2, -0.15) is 17.2 Å². The molecule has 0 aliphatic heterocycles. The van der Waals surface area contributed by atoms with E-state index in [9.17, 15) is 26.7 Å². The average molecular weight is 410 g/mol. The summed E-state index contributed by atoms with van der Waals surface area (Å²) < 4.78 is 75.9. The van der Waals surface area contributed by atoms with Crippen LogP contribution >= 0.6 is 0 Å². The summed E-state index contributed by atoms with van der Waals surface area (Å²) >= 11 is 0. The lowest BCUT2D eigenvalue weighted by molar-refractivity contribution is -0.333. The van der Waals surface area contributed by atoms with Gasteiger partial charge in [0.05, 0.1) is 6.61 Å². The molecule has 6 atom stereocenters.